The predicted molar refractivity (Wildman–Crippen MR) is 210 cm³/mol. The van der Waals surface area contributed by atoms with Crippen LogP contribution >= 0.6 is 0 Å². The average molecular weight is 743 g/mol. The van der Waals surface area contributed by atoms with Crippen molar-refractivity contribution >= 4 is 35.1 Å². The molecule has 2 aromatic rings. The number of hydrogen-bond acceptors (Lipinski definition) is 8. The lowest BCUT2D eigenvalue weighted by Crippen LogP contribution is -2.56. The molecule has 3 aliphatic heterocycles. The predicted octanol–water partition coefficient (Wildman–Crippen LogP) is 5.73. The van der Waals surface area contributed by atoms with Gasteiger partial charge in [0.1, 0.15) is 17.7 Å². The number of amides is 3. The molecule has 2 bridgehead atoms. The van der Waals surface area contributed by atoms with E-state index >= 15 is 0 Å². The molecule has 2 N–H and O–H groups in total. The SMILES string of the molecule is C=CCCC(=O)N[C@@H](C)[C@H](OC(=O)[C@@H]1[C@@H]2CC[C@]3(O2)[C@H](C(=O)N(CC=C)c2ccc(N(CC)CC)cc2)N(CCCCCCO)C(=O)[C@@H]13)c1ccccc1. The fourth-order valence-corrected chi connectivity index (χ4v) is 8.66. The Morgan fingerprint density at radius 3 is 2.35 bits per heavy atom. The van der Waals surface area contributed by atoms with Crippen molar-refractivity contribution in [2.24, 2.45) is 11.8 Å². The zero-order chi connectivity index (χ0) is 38.8. The molecule has 54 heavy (non-hydrogen) atoms. The number of carbonyl (C=O) groups is 4. The van der Waals surface area contributed by atoms with Crippen LogP contribution in [-0.4, -0.2) is 90.3 Å². The van der Waals surface area contributed by atoms with Crippen LogP contribution in [0.2, 0.25) is 0 Å². The highest BCUT2D eigenvalue weighted by atomic mass is 16.6. The van der Waals surface area contributed by atoms with Crippen molar-refractivity contribution in [1.29, 1.82) is 0 Å². The van der Waals surface area contributed by atoms with Gasteiger partial charge in [0.25, 0.3) is 5.91 Å². The van der Waals surface area contributed by atoms with E-state index in [0.717, 1.165) is 31.6 Å². The number of esters is 1. The largest absolute Gasteiger partial charge is 0.455 e. The van der Waals surface area contributed by atoms with Gasteiger partial charge in [0.15, 0.2) is 0 Å². The van der Waals surface area contributed by atoms with Gasteiger partial charge in [-0.15, -0.1) is 13.2 Å². The summed E-state index contributed by atoms with van der Waals surface area (Å²) >= 11 is 0. The zero-order valence-electron chi connectivity index (χ0n) is 32.2. The molecule has 0 saturated carbocycles. The molecular weight excluding hydrogens is 684 g/mol. The Bertz CT molecular complexity index is 1610. The van der Waals surface area contributed by atoms with Crippen LogP contribution in [0.25, 0.3) is 0 Å². The fraction of sp³-hybridized carbons (Fsp3) is 0.535. The van der Waals surface area contributed by atoms with E-state index in [-0.39, 0.29) is 37.3 Å². The number of benzene rings is 2. The summed E-state index contributed by atoms with van der Waals surface area (Å²) in [6, 6.07) is 15.6. The third-order valence-electron chi connectivity index (χ3n) is 11.3. The zero-order valence-corrected chi connectivity index (χ0v) is 32.2. The second-order valence-corrected chi connectivity index (χ2v) is 14.6. The summed E-state index contributed by atoms with van der Waals surface area (Å²) in [6.45, 7) is 16.0. The minimum Gasteiger partial charge on any atom is -0.455 e. The van der Waals surface area contributed by atoms with Crippen molar-refractivity contribution in [1.82, 2.24) is 10.2 Å². The number of rotatable bonds is 21. The topological polar surface area (TPSA) is 129 Å². The number of nitrogens with zero attached hydrogens (tertiary/aromatic N) is 3. The number of hydrogen-bond donors (Lipinski definition) is 2. The van der Waals surface area contributed by atoms with Crippen LogP contribution in [-0.2, 0) is 28.7 Å². The van der Waals surface area contributed by atoms with Gasteiger partial charge >= 0.3 is 5.97 Å². The van der Waals surface area contributed by atoms with Crippen LogP contribution < -0.4 is 15.1 Å². The van der Waals surface area contributed by atoms with Gasteiger partial charge in [-0.1, -0.05) is 55.3 Å². The highest BCUT2D eigenvalue weighted by Gasteiger charge is 2.75. The van der Waals surface area contributed by atoms with E-state index in [2.05, 4.69) is 37.2 Å². The van der Waals surface area contributed by atoms with Gasteiger partial charge in [-0.05, 0) is 82.7 Å². The molecule has 3 fully saturated rings. The lowest BCUT2D eigenvalue weighted by molar-refractivity contribution is -0.162. The Hall–Kier alpha value is -4.48. The lowest BCUT2D eigenvalue weighted by atomic mass is 9.70. The van der Waals surface area contributed by atoms with Crippen LogP contribution in [0.1, 0.15) is 83.8 Å². The minimum absolute atomic E-state index is 0.0959. The monoisotopic (exact) mass is 742 g/mol. The Balaban J connectivity index is 1.46. The summed E-state index contributed by atoms with van der Waals surface area (Å²) in [7, 11) is 0. The molecule has 3 amide bonds. The van der Waals surface area contributed by atoms with Crippen LogP contribution in [0.15, 0.2) is 79.9 Å². The van der Waals surface area contributed by atoms with Gasteiger partial charge in [0.05, 0.1) is 24.0 Å². The van der Waals surface area contributed by atoms with E-state index in [4.69, 9.17) is 9.47 Å². The van der Waals surface area contributed by atoms with Crippen molar-refractivity contribution in [3.63, 3.8) is 0 Å². The van der Waals surface area contributed by atoms with Crippen LogP contribution in [0.4, 0.5) is 11.4 Å². The Kier molecular flexibility index (Phi) is 14.1. The van der Waals surface area contributed by atoms with E-state index < -0.39 is 47.7 Å². The van der Waals surface area contributed by atoms with E-state index in [1.54, 1.807) is 28.9 Å². The summed E-state index contributed by atoms with van der Waals surface area (Å²) in [5, 5.41) is 12.3. The Morgan fingerprint density at radius 1 is 1.02 bits per heavy atom. The van der Waals surface area contributed by atoms with Gasteiger partial charge < -0.3 is 34.6 Å². The number of nitrogens with one attached hydrogen (secondary N) is 1. The molecule has 3 aliphatic rings. The fourth-order valence-electron chi connectivity index (χ4n) is 8.66. The first-order valence-corrected chi connectivity index (χ1v) is 19.7. The molecule has 11 nitrogen and oxygen atoms in total. The standard InChI is InChI=1S/C43H58N4O7/c1-6-10-20-35(49)44-30(5)38(31-18-14-13-15-19-31)53-42(52)36-34-25-26-43(54-34)37(36)40(50)47(28-16-11-12-17-29-48)39(43)41(51)46(27-7-2)33-23-21-32(22-24-33)45(8-3)9-4/h6-7,13-15,18-19,21-24,30,34,36-39,48H,1-2,8-12,16-17,20,25-29H2,3-5H3,(H,44,49)/t30-,34-,36+,37+,38-,39-,43+/m0/s1. The summed E-state index contributed by atoms with van der Waals surface area (Å²) in [4.78, 5) is 62.4. The first kappa shape index (κ1) is 40.7. The van der Waals surface area contributed by atoms with Crippen molar-refractivity contribution < 1.29 is 33.8 Å². The van der Waals surface area contributed by atoms with Gasteiger partial charge in [0, 0.05) is 50.6 Å². The number of aliphatic hydroxyl groups is 1. The minimum atomic E-state index is -1.21. The van der Waals surface area contributed by atoms with E-state index in [1.165, 1.54) is 0 Å². The van der Waals surface area contributed by atoms with E-state index in [1.807, 2.05) is 54.6 Å². The molecule has 3 saturated heterocycles. The highest BCUT2D eigenvalue weighted by Crippen LogP contribution is 2.59. The smallest absolute Gasteiger partial charge is 0.313 e. The molecular formula is C43H58N4O7. The number of aliphatic hydroxyl groups excluding tert-OH is 1. The molecule has 2 aromatic carbocycles. The van der Waals surface area contributed by atoms with Gasteiger partial charge in [-0.2, -0.15) is 0 Å². The normalized spacial score (nSPS) is 23.7. The molecule has 0 aliphatic carbocycles. The molecule has 0 radical (unpaired) electrons. The van der Waals surface area contributed by atoms with Crippen LogP contribution in [0.5, 0.6) is 0 Å². The number of allylic oxidation sites excluding steroid dienone is 1. The highest BCUT2D eigenvalue weighted by molar-refractivity contribution is 6.04. The van der Waals surface area contributed by atoms with Crippen molar-refractivity contribution in [2.75, 3.05) is 42.6 Å². The number of carbonyl (C=O) groups excluding carboxylic acids is 4. The average Bonchev–Trinajstić information content (AvgIpc) is 3.83. The first-order valence-electron chi connectivity index (χ1n) is 19.7. The molecule has 0 unspecified atom stereocenters. The molecule has 11 heteroatoms. The quantitative estimate of drug-likeness (QED) is 0.0943. The molecule has 1 spiro atoms. The van der Waals surface area contributed by atoms with Crippen LogP contribution in [0.3, 0.4) is 0 Å². The third kappa shape index (κ3) is 8.42. The second-order valence-electron chi connectivity index (χ2n) is 14.6. The van der Waals surface area contributed by atoms with E-state index in [9.17, 15) is 24.3 Å². The van der Waals surface area contributed by atoms with Gasteiger partial charge in [-0.3, -0.25) is 19.2 Å². The number of unbranched alkanes of at least 4 members (excludes halogenated alkanes) is 3. The summed E-state index contributed by atoms with van der Waals surface area (Å²) in [6.07, 6.45) is 6.54. The number of fused-ring (bicyclic) bond motifs is 1. The van der Waals surface area contributed by atoms with Crippen LogP contribution in [0, 0.1) is 11.8 Å². The Labute approximate surface area is 320 Å². The van der Waals surface area contributed by atoms with Gasteiger partial charge in [-0.25, -0.2) is 0 Å². The van der Waals surface area contributed by atoms with Crippen molar-refractivity contribution in [2.45, 2.75) is 102 Å². The first-order chi connectivity index (χ1) is 26.1. The van der Waals surface area contributed by atoms with Crippen molar-refractivity contribution in [3.05, 3.63) is 85.5 Å². The maximum atomic E-state index is 15.0. The molecule has 292 valence electrons. The molecule has 5 rings (SSSR count). The molecule has 7 atom stereocenters. The van der Waals surface area contributed by atoms with E-state index in [0.29, 0.717) is 49.9 Å². The number of anilines is 2. The maximum Gasteiger partial charge on any atom is 0.313 e. The number of likely N-dealkylation sites (tertiary alicyclic amines) is 1. The maximum absolute atomic E-state index is 15.0. The molecule has 3 heterocycles. The lowest BCUT2D eigenvalue weighted by Gasteiger charge is -2.37. The third-order valence-corrected chi connectivity index (χ3v) is 11.3. The number of ether oxygens (including phenoxy) is 2. The molecule has 0 aromatic heterocycles. The summed E-state index contributed by atoms with van der Waals surface area (Å²) < 4.78 is 13.0. The summed E-state index contributed by atoms with van der Waals surface area (Å²) in [5.74, 6) is -3.14. The van der Waals surface area contributed by atoms with Gasteiger partial charge in [0.2, 0.25) is 11.8 Å². The summed E-state index contributed by atoms with van der Waals surface area (Å²) in [5.41, 5.74) is 1.24. The second kappa shape index (κ2) is 18.7. The Morgan fingerprint density at radius 2 is 1.70 bits per heavy atom. The van der Waals surface area contributed by atoms with Crippen molar-refractivity contribution in [3.8, 4) is 0 Å².